The minimum atomic E-state index is -0.260. The Morgan fingerprint density at radius 3 is 2.69 bits per heavy atom. The topological polar surface area (TPSA) is 76.7 Å². The Morgan fingerprint density at radius 1 is 1.19 bits per heavy atom. The summed E-state index contributed by atoms with van der Waals surface area (Å²) in [6.07, 6.45) is 1.03. The third-order valence-corrected chi connectivity index (χ3v) is 4.91. The van der Waals surface area contributed by atoms with Crippen molar-refractivity contribution < 1.29 is 9.59 Å². The van der Waals surface area contributed by atoms with Crippen molar-refractivity contribution in [2.75, 3.05) is 44.6 Å². The number of likely N-dealkylation sites (tertiary alicyclic amines) is 1. The number of piperazine rings is 1. The maximum Gasteiger partial charge on any atom is 0.319 e. The molecule has 0 bridgehead atoms. The summed E-state index contributed by atoms with van der Waals surface area (Å²) < 4.78 is 0. The predicted molar refractivity (Wildman–Crippen MR) is 102 cm³/mol. The lowest BCUT2D eigenvalue weighted by Crippen LogP contribution is -2.49. The first-order valence-corrected chi connectivity index (χ1v) is 9.44. The highest BCUT2D eigenvalue weighted by molar-refractivity contribution is 5.97. The quantitative estimate of drug-likeness (QED) is 0.758. The number of nitrogens with zero attached hydrogens (tertiary/aromatic N) is 2. The van der Waals surface area contributed by atoms with Crippen LogP contribution in [0.5, 0.6) is 0 Å². The molecule has 0 spiro atoms. The third-order valence-electron chi connectivity index (χ3n) is 4.91. The average molecular weight is 359 g/mol. The first kappa shape index (κ1) is 18.7. The second-order valence-corrected chi connectivity index (χ2v) is 7.31. The summed E-state index contributed by atoms with van der Waals surface area (Å²) in [5.74, 6) is 0.0375. The van der Waals surface area contributed by atoms with E-state index in [-0.39, 0.29) is 18.0 Å². The van der Waals surface area contributed by atoms with E-state index in [0.29, 0.717) is 17.3 Å². The molecule has 3 amide bonds. The molecule has 26 heavy (non-hydrogen) atoms. The van der Waals surface area contributed by atoms with Gasteiger partial charge in [0.05, 0.1) is 0 Å². The van der Waals surface area contributed by atoms with Gasteiger partial charge in [-0.2, -0.15) is 0 Å². The lowest BCUT2D eigenvalue weighted by Gasteiger charge is -2.32. The number of anilines is 1. The Labute approximate surface area is 155 Å². The second kappa shape index (κ2) is 8.51. The van der Waals surface area contributed by atoms with Gasteiger partial charge in [-0.1, -0.05) is 6.07 Å². The number of nitrogens with one attached hydrogen (secondary N) is 3. The molecule has 0 saturated carbocycles. The fraction of sp³-hybridized carbons (Fsp3) is 0.579. The van der Waals surface area contributed by atoms with Gasteiger partial charge >= 0.3 is 6.03 Å². The molecule has 1 atom stereocenters. The molecule has 2 aliphatic heterocycles. The van der Waals surface area contributed by atoms with E-state index < -0.39 is 0 Å². The van der Waals surface area contributed by atoms with Gasteiger partial charge in [-0.25, -0.2) is 4.79 Å². The van der Waals surface area contributed by atoms with E-state index in [4.69, 9.17) is 0 Å². The Balaban J connectivity index is 1.59. The van der Waals surface area contributed by atoms with Crippen LogP contribution in [0.3, 0.4) is 0 Å². The van der Waals surface area contributed by atoms with Crippen LogP contribution in [-0.4, -0.2) is 73.1 Å². The van der Waals surface area contributed by atoms with Crippen molar-refractivity contribution in [3.63, 3.8) is 0 Å². The van der Waals surface area contributed by atoms with Crippen LogP contribution >= 0.6 is 0 Å². The smallest absolute Gasteiger partial charge is 0.319 e. The summed E-state index contributed by atoms with van der Waals surface area (Å²) in [5, 5.41) is 8.93. The van der Waals surface area contributed by atoms with E-state index in [2.05, 4.69) is 20.9 Å². The molecule has 2 aliphatic rings. The van der Waals surface area contributed by atoms with E-state index >= 15 is 0 Å². The van der Waals surface area contributed by atoms with Gasteiger partial charge in [0.15, 0.2) is 0 Å². The zero-order valence-electron chi connectivity index (χ0n) is 15.6. The molecule has 1 aromatic rings. The monoisotopic (exact) mass is 359 g/mol. The first-order valence-electron chi connectivity index (χ1n) is 9.44. The van der Waals surface area contributed by atoms with Crippen LogP contribution in [0.4, 0.5) is 10.5 Å². The van der Waals surface area contributed by atoms with Crippen molar-refractivity contribution >= 4 is 17.6 Å². The molecule has 142 valence electrons. The van der Waals surface area contributed by atoms with E-state index in [1.807, 2.05) is 30.9 Å². The lowest BCUT2D eigenvalue weighted by atomic mass is 10.1. The number of hydrogen-bond donors (Lipinski definition) is 3. The van der Waals surface area contributed by atoms with Gasteiger partial charge in [-0.05, 0) is 38.5 Å². The maximum absolute atomic E-state index is 12.9. The molecule has 1 unspecified atom stereocenters. The highest BCUT2D eigenvalue weighted by atomic mass is 16.2. The van der Waals surface area contributed by atoms with Crippen LogP contribution < -0.4 is 16.0 Å². The zero-order chi connectivity index (χ0) is 18.5. The number of benzene rings is 1. The summed E-state index contributed by atoms with van der Waals surface area (Å²) in [6, 6.07) is 7.42. The average Bonchev–Trinajstić information content (AvgIpc) is 3.11. The van der Waals surface area contributed by atoms with Gasteiger partial charge in [0.2, 0.25) is 0 Å². The van der Waals surface area contributed by atoms with E-state index in [1.165, 1.54) is 0 Å². The van der Waals surface area contributed by atoms with Crippen molar-refractivity contribution in [2.45, 2.75) is 32.4 Å². The summed E-state index contributed by atoms with van der Waals surface area (Å²) in [6.45, 7) is 9.54. The fourth-order valence-corrected chi connectivity index (χ4v) is 3.61. The maximum atomic E-state index is 12.9. The number of hydrogen-bond acceptors (Lipinski definition) is 4. The highest BCUT2D eigenvalue weighted by Gasteiger charge is 2.31. The van der Waals surface area contributed by atoms with Crippen molar-refractivity contribution in [3.05, 3.63) is 29.8 Å². The van der Waals surface area contributed by atoms with Gasteiger partial charge in [-0.3, -0.25) is 9.69 Å². The molecule has 2 saturated heterocycles. The number of amides is 3. The minimum Gasteiger partial charge on any atom is -0.337 e. The van der Waals surface area contributed by atoms with Gasteiger partial charge in [0.1, 0.15) is 0 Å². The predicted octanol–water partition coefficient (Wildman–Crippen LogP) is 1.34. The van der Waals surface area contributed by atoms with Crippen molar-refractivity contribution in [1.29, 1.82) is 0 Å². The molecule has 3 N–H and O–H groups in total. The zero-order valence-corrected chi connectivity index (χ0v) is 15.6. The van der Waals surface area contributed by atoms with Crippen molar-refractivity contribution in [2.24, 2.45) is 0 Å². The Bertz CT molecular complexity index is 643. The summed E-state index contributed by atoms with van der Waals surface area (Å²) in [5.41, 5.74) is 1.25. The molecule has 0 aliphatic carbocycles. The number of rotatable bonds is 4. The van der Waals surface area contributed by atoms with E-state index in [0.717, 1.165) is 45.7 Å². The molecule has 2 heterocycles. The molecule has 3 rings (SSSR count). The van der Waals surface area contributed by atoms with Gasteiger partial charge in [-0.15, -0.1) is 0 Å². The van der Waals surface area contributed by atoms with Crippen LogP contribution in [0.15, 0.2) is 24.3 Å². The summed E-state index contributed by atoms with van der Waals surface area (Å²) in [4.78, 5) is 29.1. The number of carbonyl (C=O) groups excluding carboxylic acids is 2. The standard InChI is InChI=1S/C19H29N5O2/c1-14(2)21-19(26)22-16-5-3-4-15(12-16)18(25)24-9-6-17(13-24)23-10-7-20-8-11-23/h3-5,12,14,17,20H,6-11,13H2,1-2H3,(H2,21,22,26). The Morgan fingerprint density at radius 2 is 1.96 bits per heavy atom. The second-order valence-electron chi connectivity index (χ2n) is 7.31. The van der Waals surface area contributed by atoms with Crippen molar-refractivity contribution in [3.8, 4) is 0 Å². The van der Waals surface area contributed by atoms with E-state index in [1.54, 1.807) is 12.1 Å². The lowest BCUT2D eigenvalue weighted by molar-refractivity contribution is 0.0773. The molecule has 2 fully saturated rings. The van der Waals surface area contributed by atoms with Gasteiger partial charge in [0, 0.05) is 62.6 Å². The third kappa shape index (κ3) is 4.74. The Hall–Kier alpha value is -2.12. The van der Waals surface area contributed by atoms with Gasteiger partial charge in [0.25, 0.3) is 5.91 Å². The number of urea groups is 1. The normalized spacial score (nSPS) is 21.0. The van der Waals surface area contributed by atoms with Crippen LogP contribution in [0.1, 0.15) is 30.6 Å². The van der Waals surface area contributed by atoms with Crippen LogP contribution in [-0.2, 0) is 0 Å². The van der Waals surface area contributed by atoms with Crippen LogP contribution in [0, 0.1) is 0 Å². The molecular formula is C19H29N5O2. The molecule has 7 heteroatoms. The molecule has 0 aromatic heterocycles. The first-order chi connectivity index (χ1) is 12.5. The summed E-state index contributed by atoms with van der Waals surface area (Å²) in [7, 11) is 0. The Kier molecular flexibility index (Phi) is 6.11. The van der Waals surface area contributed by atoms with Gasteiger partial charge < -0.3 is 20.9 Å². The van der Waals surface area contributed by atoms with Crippen molar-refractivity contribution in [1.82, 2.24) is 20.4 Å². The molecular weight excluding hydrogens is 330 g/mol. The summed E-state index contributed by atoms with van der Waals surface area (Å²) >= 11 is 0. The minimum absolute atomic E-state index is 0.0375. The van der Waals surface area contributed by atoms with Crippen LogP contribution in [0.2, 0.25) is 0 Å². The highest BCUT2D eigenvalue weighted by Crippen LogP contribution is 2.20. The largest absolute Gasteiger partial charge is 0.337 e. The van der Waals surface area contributed by atoms with E-state index in [9.17, 15) is 9.59 Å². The fourth-order valence-electron chi connectivity index (χ4n) is 3.61. The number of carbonyl (C=O) groups is 2. The SMILES string of the molecule is CC(C)NC(=O)Nc1cccc(C(=O)N2CCC(N3CCNCC3)C2)c1. The molecule has 0 radical (unpaired) electrons. The van der Waals surface area contributed by atoms with Crippen LogP contribution in [0.25, 0.3) is 0 Å². The molecule has 1 aromatic carbocycles. The molecule has 7 nitrogen and oxygen atoms in total.